The molecule has 1 aromatic carbocycles. The maximum atomic E-state index is 12.2. The Balaban J connectivity index is 1.82. The number of carbonyl (C=O) groups is 1. The Morgan fingerprint density at radius 3 is 2.55 bits per heavy atom. The number of nitrogens with zero attached hydrogens (tertiary/aromatic N) is 2. The molecule has 0 aliphatic carbocycles. The molecule has 20 heavy (non-hydrogen) atoms. The van der Waals surface area contributed by atoms with Gasteiger partial charge < -0.3 is 10.2 Å². The van der Waals surface area contributed by atoms with Gasteiger partial charge in [0.25, 0.3) is 0 Å². The Kier molecular flexibility index (Phi) is 5.14. The van der Waals surface area contributed by atoms with Crippen LogP contribution in [-0.4, -0.2) is 29.9 Å². The zero-order valence-corrected chi connectivity index (χ0v) is 11.9. The molecule has 0 aromatic heterocycles. The Morgan fingerprint density at radius 2 is 1.95 bits per heavy atom. The van der Waals surface area contributed by atoms with Crippen molar-refractivity contribution in [3.8, 4) is 6.07 Å². The second-order valence-electron chi connectivity index (χ2n) is 5.30. The third kappa shape index (κ3) is 3.82. The zero-order chi connectivity index (χ0) is 14.4. The summed E-state index contributed by atoms with van der Waals surface area (Å²) in [6.45, 7) is 4.34. The molecule has 1 heterocycles. The van der Waals surface area contributed by atoms with E-state index in [9.17, 15) is 4.79 Å². The van der Waals surface area contributed by atoms with Crippen LogP contribution >= 0.6 is 0 Å². The van der Waals surface area contributed by atoms with E-state index in [-0.39, 0.29) is 11.9 Å². The van der Waals surface area contributed by atoms with E-state index in [0.717, 1.165) is 31.5 Å². The van der Waals surface area contributed by atoms with E-state index in [4.69, 9.17) is 5.26 Å². The molecule has 1 amide bonds. The average Bonchev–Trinajstić information content (AvgIpc) is 2.53. The van der Waals surface area contributed by atoms with Crippen molar-refractivity contribution in [2.24, 2.45) is 0 Å². The molecule has 1 aromatic rings. The third-order valence-corrected chi connectivity index (χ3v) is 3.73. The van der Waals surface area contributed by atoms with Gasteiger partial charge in [0.15, 0.2) is 0 Å². The molecule has 0 radical (unpaired) electrons. The van der Waals surface area contributed by atoms with Crippen molar-refractivity contribution in [3.05, 3.63) is 35.4 Å². The van der Waals surface area contributed by atoms with Gasteiger partial charge in [-0.1, -0.05) is 12.1 Å². The number of nitrogens with one attached hydrogen (secondary N) is 1. The smallest absolute Gasteiger partial charge is 0.239 e. The summed E-state index contributed by atoms with van der Waals surface area (Å²) >= 11 is 0. The van der Waals surface area contributed by atoms with Gasteiger partial charge >= 0.3 is 0 Å². The molecule has 1 N–H and O–H groups in total. The monoisotopic (exact) mass is 271 g/mol. The van der Waals surface area contributed by atoms with Crippen LogP contribution in [0.5, 0.6) is 0 Å². The van der Waals surface area contributed by atoms with Crippen LogP contribution in [0, 0.1) is 11.3 Å². The standard InChI is InChI=1S/C16H21N3O/c1-13(16(20)19-9-3-2-4-10-19)18-12-15-7-5-14(11-17)6-8-15/h5-8,13,18H,2-4,9-10,12H2,1H3. The largest absolute Gasteiger partial charge is 0.341 e. The number of piperidine rings is 1. The number of likely N-dealkylation sites (tertiary alicyclic amines) is 1. The van der Waals surface area contributed by atoms with E-state index in [2.05, 4.69) is 11.4 Å². The van der Waals surface area contributed by atoms with Crippen LogP contribution in [0.1, 0.15) is 37.3 Å². The van der Waals surface area contributed by atoms with Gasteiger partial charge in [0.05, 0.1) is 17.7 Å². The summed E-state index contributed by atoms with van der Waals surface area (Å²) < 4.78 is 0. The zero-order valence-electron chi connectivity index (χ0n) is 11.9. The predicted molar refractivity (Wildman–Crippen MR) is 77.9 cm³/mol. The molecular weight excluding hydrogens is 250 g/mol. The van der Waals surface area contributed by atoms with Crippen molar-refractivity contribution in [3.63, 3.8) is 0 Å². The number of amides is 1. The molecule has 4 nitrogen and oxygen atoms in total. The number of hydrogen-bond donors (Lipinski definition) is 1. The molecule has 1 atom stereocenters. The summed E-state index contributed by atoms with van der Waals surface area (Å²) in [5, 5.41) is 12.0. The van der Waals surface area contributed by atoms with Crippen LogP contribution in [0.4, 0.5) is 0 Å². The van der Waals surface area contributed by atoms with Crippen molar-refractivity contribution in [2.75, 3.05) is 13.1 Å². The van der Waals surface area contributed by atoms with Crippen molar-refractivity contribution < 1.29 is 4.79 Å². The van der Waals surface area contributed by atoms with Crippen molar-refractivity contribution >= 4 is 5.91 Å². The van der Waals surface area contributed by atoms with E-state index >= 15 is 0 Å². The molecule has 0 saturated carbocycles. The van der Waals surface area contributed by atoms with E-state index in [0.29, 0.717) is 12.1 Å². The fourth-order valence-electron chi connectivity index (χ4n) is 2.44. The highest BCUT2D eigenvalue weighted by Gasteiger charge is 2.21. The highest BCUT2D eigenvalue weighted by atomic mass is 16.2. The number of hydrogen-bond acceptors (Lipinski definition) is 3. The van der Waals surface area contributed by atoms with Crippen molar-refractivity contribution in [1.82, 2.24) is 10.2 Å². The maximum Gasteiger partial charge on any atom is 0.239 e. The lowest BCUT2D eigenvalue weighted by atomic mass is 10.1. The molecule has 106 valence electrons. The van der Waals surface area contributed by atoms with Gasteiger partial charge in [-0.3, -0.25) is 4.79 Å². The molecule has 1 unspecified atom stereocenters. The van der Waals surface area contributed by atoms with Crippen LogP contribution < -0.4 is 5.32 Å². The second-order valence-corrected chi connectivity index (χ2v) is 5.30. The molecule has 1 fully saturated rings. The van der Waals surface area contributed by atoms with Gasteiger partial charge in [0, 0.05) is 19.6 Å². The van der Waals surface area contributed by atoms with Crippen LogP contribution in [-0.2, 0) is 11.3 Å². The molecule has 2 rings (SSSR count). The first-order chi connectivity index (χ1) is 9.70. The minimum atomic E-state index is -0.163. The molecule has 0 bridgehead atoms. The summed E-state index contributed by atoms with van der Waals surface area (Å²) in [6.07, 6.45) is 3.47. The van der Waals surface area contributed by atoms with Crippen LogP contribution in [0.15, 0.2) is 24.3 Å². The number of carbonyl (C=O) groups excluding carboxylic acids is 1. The predicted octanol–water partition coefficient (Wildman–Crippen LogP) is 2.05. The molecule has 4 heteroatoms. The summed E-state index contributed by atoms with van der Waals surface area (Å²) in [7, 11) is 0. The maximum absolute atomic E-state index is 12.2. The summed E-state index contributed by atoms with van der Waals surface area (Å²) in [4.78, 5) is 14.2. The number of benzene rings is 1. The second kappa shape index (κ2) is 7.06. The van der Waals surface area contributed by atoms with E-state index in [1.54, 1.807) is 12.1 Å². The first-order valence-electron chi connectivity index (χ1n) is 7.22. The van der Waals surface area contributed by atoms with Crippen molar-refractivity contribution in [1.29, 1.82) is 5.26 Å². The summed E-state index contributed by atoms with van der Waals surface area (Å²) in [5.74, 6) is 0.193. The highest BCUT2D eigenvalue weighted by molar-refractivity contribution is 5.81. The van der Waals surface area contributed by atoms with E-state index < -0.39 is 0 Å². The summed E-state index contributed by atoms with van der Waals surface area (Å²) in [6, 6.07) is 9.38. The topological polar surface area (TPSA) is 56.1 Å². The van der Waals surface area contributed by atoms with E-state index in [1.807, 2.05) is 24.0 Å². The van der Waals surface area contributed by atoms with Crippen LogP contribution in [0.3, 0.4) is 0 Å². The molecular formula is C16H21N3O. The minimum Gasteiger partial charge on any atom is -0.341 e. The fourth-order valence-corrected chi connectivity index (χ4v) is 2.44. The first-order valence-corrected chi connectivity index (χ1v) is 7.22. The fraction of sp³-hybridized carbons (Fsp3) is 0.500. The Labute approximate surface area is 120 Å². The Bertz CT molecular complexity index is 483. The molecule has 1 aliphatic heterocycles. The lowest BCUT2D eigenvalue weighted by Crippen LogP contribution is -2.46. The first kappa shape index (κ1) is 14.5. The molecule has 1 saturated heterocycles. The van der Waals surface area contributed by atoms with Crippen LogP contribution in [0.25, 0.3) is 0 Å². The number of rotatable bonds is 4. The highest BCUT2D eigenvalue weighted by Crippen LogP contribution is 2.10. The van der Waals surface area contributed by atoms with Gasteiger partial charge in [-0.25, -0.2) is 0 Å². The van der Waals surface area contributed by atoms with Gasteiger partial charge in [0.1, 0.15) is 0 Å². The Morgan fingerprint density at radius 1 is 1.30 bits per heavy atom. The number of nitriles is 1. The van der Waals surface area contributed by atoms with Gasteiger partial charge in [-0.15, -0.1) is 0 Å². The lowest BCUT2D eigenvalue weighted by Gasteiger charge is -2.29. The van der Waals surface area contributed by atoms with Gasteiger partial charge in [-0.2, -0.15) is 5.26 Å². The Hall–Kier alpha value is -1.86. The average molecular weight is 271 g/mol. The molecule has 0 spiro atoms. The van der Waals surface area contributed by atoms with Gasteiger partial charge in [-0.05, 0) is 43.9 Å². The quantitative estimate of drug-likeness (QED) is 0.912. The van der Waals surface area contributed by atoms with Crippen LogP contribution in [0.2, 0.25) is 0 Å². The van der Waals surface area contributed by atoms with Crippen molar-refractivity contribution in [2.45, 2.75) is 38.8 Å². The SMILES string of the molecule is CC(NCc1ccc(C#N)cc1)C(=O)N1CCCCC1. The van der Waals surface area contributed by atoms with E-state index in [1.165, 1.54) is 6.42 Å². The third-order valence-electron chi connectivity index (χ3n) is 3.73. The molecule has 1 aliphatic rings. The minimum absolute atomic E-state index is 0.163. The van der Waals surface area contributed by atoms with Gasteiger partial charge in [0.2, 0.25) is 5.91 Å². The lowest BCUT2D eigenvalue weighted by molar-refractivity contribution is -0.133. The normalized spacial score (nSPS) is 16.5. The summed E-state index contributed by atoms with van der Waals surface area (Å²) in [5.41, 5.74) is 1.74.